The van der Waals surface area contributed by atoms with Crippen LogP contribution in [0.15, 0.2) is 48.5 Å². The Morgan fingerprint density at radius 3 is 2.22 bits per heavy atom. The number of benzene rings is 2. The minimum atomic E-state index is -0.665. The molecule has 2 rings (SSSR count). The molecule has 0 aliphatic rings. The predicted molar refractivity (Wildman–Crippen MR) is 83.5 cm³/mol. The van der Waals surface area contributed by atoms with Gasteiger partial charge in [-0.3, -0.25) is 9.59 Å². The van der Waals surface area contributed by atoms with Crippen molar-refractivity contribution in [3.05, 3.63) is 54.1 Å². The van der Waals surface area contributed by atoms with Crippen molar-refractivity contribution in [3.63, 3.8) is 0 Å². The first-order valence-electron chi connectivity index (χ1n) is 6.83. The summed E-state index contributed by atoms with van der Waals surface area (Å²) in [7, 11) is 0. The van der Waals surface area contributed by atoms with Crippen LogP contribution in [0, 0.1) is 0 Å². The van der Waals surface area contributed by atoms with Gasteiger partial charge in [-0.25, -0.2) is 4.79 Å². The molecule has 6 nitrogen and oxygen atoms in total. The Balaban J connectivity index is 2.30. The molecule has 0 saturated heterocycles. The van der Waals surface area contributed by atoms with Crippen LogP contribution in [0.5, 0.6) is 11.5 Å². The number of carbonyl (C=O) groups is 3. The van der Waals surface area contributed by atoms with Crippen LogP contribution >= 0.6 is 0 Å². The van der Waals surface area contributed by atoms with E-state index in [9.17, 15) is 14.4 Å². The lowest BCUT2D eigenvalue weighted by atomic mass is 10.1. The quantitative estimate of drug-likeness (QED) is 0.693. The van der Waals surface area contributed by atoms with Crippen LogP contribution in [-0.2, 0) is 9.59 Å². The molecule has 0 aliphatic carbocycles. The fraction of sp³-hybridized carbons (Fsp3) is 0.118. The number of hydrogen-bond acceptors (Lipinski definition) is 5. The van der Waals surface area contributed by atoms with Gasteiger partial charge >= 0.3 is 11.9 Å². The Bertz CT molecular complexity index is 740. The third-order valence-electron chi connectivity index (χ3n) is 2.73. The Hall–Kier alpha value is -3.15. The molecule has 0 spiro atoms. The number of anilines is 1. The van der Waals surface area contributed by atoms with Crippen LogP contribution in [0.2, 0.25) is 0 Å². The zero-order valence-electron chi connectivity index (χ0n) is 12.7. The van der Waals surface area contributed by atoms with Crippen molar-refractivity contribution >= 4 is 23.5 Å². The highest BCUT2D eigenvalue weighted by atomic mass is 16.5. The van der Waals surface area contributed by atoms with Gasteiger partial charge in [-0.15, -0.1) is 0 Å². The van der Waals surface area contributed by atoms with E-state index in [-0.39, 0.29) is 17.2 Å². The zero-order chi connectivity index (χ0) is 16.8. The monoisotopic (exact) mass is 313 g/mol. The number of hydrogen-bond donors (Lipinski definition) is 1. The second kappa shape index (κ2) is 7.22. The average molecular weight is 313 g/mol. The lowest BCUT2D eigenvalue weighted by molar-refractivity contribution is -0.131. The van der Waals surface area contributed by atoms with Crippen molar-refractivity contribution in [2.24, 2.45) is 0 Å². The van der Waals surface area contributed by atoms with Crippen molar-refractivity contribution in [2.75, 3.05) is 5.32 Å². The second-order valence-corrected chi connectivity index (χ2v) is 4.69. The Kier molecular flexibility index (Phi) is 5.09. The molecule has 0 heterocycles. The van der Waals surface area contributed by atoms with Crippen LogP contribution in [0.3, 0.4) is 0 Å². The highest BCUT2D eigenvalue weighted by Crippen LogP contribution is 2.25. The summed E-state index contributed by atoms with van der Waals surface area (Å²) in [5.74, 6) is -1.14. The molecule has 118 valence electrons. The first-order valence-corrected chi connectivity index (χ1v) is 6.83. The predicted octanol–water partition coefficient (Wildman–Crippen LogP) is 2.79. The van der Waals surface area contributed by atoms with Crippen LogP contribution in [0.25, 0.3) is 0 Å². The first kappa shape index (κ1) is 16.2. The third kappa shape index (κ3) is 4.67. The van der Waals surface area contributed by atoms with Gasteiger partial charge in [0.05, 0.1) is 0 Å². The van der Waals surface area contributed by atoms with Gasteiger partial charge in [0, 0.05) is 25.6 Å². The van der Waals surface area contributed by atoms with Gasteiger partial charge in [0.2, 0.25) is 5.91 Å². The highest BCUT2D eigenvalue weighted by Gasteiger charge is 2.17. The Morgan fingerprint density at radius 1 is 0.913 bits per heavy atom. The van der Waals surface area contributed by atoms with Crippen molar-refractivity contribution < 1.29 is 23.9 Å². The largest absolute Gasteiger partial charge is 0.426 e. The molecule has 0 fully saturated rings. The summed E-state index contributed by atoms with van der Waals surface area (Å²) in [6.07, 6.45) is 0. The minimum Gasteiger partial charge on any atom is -0.426 e. The summed E-state index contributed by atoms with van der Waals surface area (Å²) in [4.78, 5) is 34.6. The van der Waals surface area contributed by atoms with Gasteiger partial charge in [0.25, 0.3) is 0 Å². The maximum atomic E-state index is 12.2. The van der Waals surface area contributed by atoms with E-state index in [1.54, 1.807) is 30.3 Å². The topological polar surface area (TPSA) is 81.7 Å². The molecule has 0 saturated carbocycles. The number of para-hydroxylation sites is 1. The van der Waals surface area contributed by atoms with E-state index >= 15 is 0 Å². The van der Waals surface area contributed by atoms with Crippen molar-refractivity contribution in [1.82, 2.24) is 0 Å². The number of rotatable bonds is 4. The molecule has 6 heteroatoms. The molecule has 0 aromatic heterocycles. The number of nitrogens with one attached hydrogen (secondary N) is 1. The van der Waals surface area contributed by atoms with Crippen LogP contribution in [0.4, 0.5) is 5.69 Å². The smallest absolute Gasteiger partial charge is 0.347 e. The summed E-state index contributed by atoms with van der Waals surface area (Å²) in [6, 6.07) is 12.9. The van der Waals surface area contributed by atoms with E-state index in [4.69, 9.17) is 9.47 Å². The van der Waals surface area contributed by atoms with Crippen LogP contribution < -0.4 is 14.8 Å². The summed E-state index contributed by atoms with van der Waals surface area (Å²) >= 11 is 0. The SMILES string of the molecule is CC(=O)Nc1ccc(C(=O)Oc2ccccc2)c(OC(C)=O)c1. The molecule has 1 amide bonds. The zero-order valence-corrected chi connectivity index (χ0v) is 12.7. The van der Waals surface area contributed by atoms with Crippen LogP contribution in [0.1, 0.15) is 24.2 Å². The van der Waals surface area contributed by atoms with Crippen molar-refractivity contribution in [3.8, 4) is 11.5 Å². The number of carbonyl (C=O) groups excluding carboxylic acids is 3. The summed E-state index contributed by atoms with van der Waals surface area (Å²) in [5.41, 5.74) is 0.489. The molecule has 2 aromatic rings. The van der Waals surface area contributed by atoms with E-state index in [2.05, 4.69) is 5.32 Å². The molecule has 0 atom stereocenters. The maximum Gasteiger partial charge on any atom is 0.347 e. The second-order valence-electron chi connectivity index (χ2n) is 4.69. The molecule has 2 aromatic carbocycles. The fourth-order valence-corrected chi connectivity index (χ4v) is 1.86. The molecular weight excluding hydrogens is 298 g/mol. The molecule has 0 radical (unpaired) electrons. The molecular formula is C17H15NO5. The van der Waals surface area contributed by atoms with Gasteiger partial charge in [-0.05, 0) is 24.3 Å². The summed E-state index contributed by atoms with van der Waals surface area (Å²) in [6.45, 7) is 2.57. The number of esters is 2. The molecule has 1 N–H and O–H groups in total. The van der Waals surface area contributed by atoms with Crippen molar-refractivity contribution in [2.45, 2.75) is 13.8 Å². The van der Waals surface area contributed by atoms with Gasteiger partial charge < -0.3 is 14.8 Å². The minimum absolute atomic E-state index is 0.0182. The van der Waals surface area contributed by atoms with E-state index in [1.807, 2.05) is 0 Å². The Morgan fingerprint density at radius 2 is 1.61 bits per heavy atom. The summed E-state index contributed by atoms with van der Waals surface area (Å²) in [5, 5.41) is 2.55. The van der Waals surface area contributed by atoms with E-state index in [1.165, 1.54) is 32.0 Å². The lowest BCUT2D eigenvalue weighted by Gasteiger charge is -2.11. The maximum absolute atomic E-state index is 12.2. The van der Waals surface area contributed by atoms with Gasteiger partial charge in [-0.2, -0.15) is 0 Å². The number of ether oxygens (including phenoxy) is 2. The molecule has 0 bridgehead atoms. The van der Waals surface area contributed by atoms with Crippen molar-refractivity contribution in [1.29, 1.82) is 0 Å². The lowest BCUT2D eigenvalue weighted by Crippen LogP contribution is -2.14. The third-order valence-corrected chi connectivity index (χ3v) is 2.73. The average Bonchev–Trinajstić information content (AvgIpc) is 2.47. The Labute approximate surface area is 133 Å². The molecule has 23 heavy (non-hydrogen) atoms. The number of amides is 1. The van der Waals surface area contributed by atoms with E-state index in [0.717, 1.165) is 0 Å². The van der Waals surface area contributed by atoms with Gasteiger partial charge in [0.15, 0.2) is 0 Å². The molecule has 0 unspecified atom stereocenters. The van der Waals surface area contributed by atoms with Gasteiger partial charge in [-0.1, -0.05) is 18.2 Å². The standard InChI is InChI=1S/C17H15NO5/c1-11(19)18-13-8-9-15(16(10-13)22-12(2)20)17(21)23-14-6-4-3-5-7-14/h3-10H,1-2H3,(H,18,19). The van der Waals surface area contributed by atoms with E-state index < -0.39 is 11.9 Å². The van der Waals surface area contributed by atoms with E-state index in [0.29, 0.717) is 11.4 Å². The highest BCUT2D eigenvalue weighted by molar-refractivity contribution is 5.96. The van der Waals surface area contributed by atoms with Crippen LogP contribution in [-0.4, -0.2) is 17.8 Å². The first-order chi connectivity index (χ1) is 11.0. The summed E-state index contributed by atoms with van der Waals surface area (Å²) < 4.78 is 10.3. The van der Waals surface area contributed by atoms with Gasteiger partial charge in [0.1, 0.15) is 17.1 Å². The normalized spacial score (nSPS) is 9.83. The fourth-order valence-electron chi connectivity index (χ4n) is 1.86. The molecule has 0 aliphatic heterocycles.